The van der Waals surface area contributed by atoms with Gasteiger partial charge in [-0.1, -0.05) is 120 Å². The number of halogens is 6. The van der Waals surface area contributed by atoms with Crippen molar-refractivity contribution in [1.29, 1.82) is 0 Å². The molecule has 6 aromatic carbocycles. The van der Waals surface area contributed by atoms with Crippen LogP contribution in [0, 0.1) is 0 Å². The molecule has 0 spiro atoms. The van der Waals surface area contributed by atoms with E-state index in [1.54, 1.807) is 97.1 Å². The number of aromatic nitrogens is 6. The Morgan fingerprint density at radius 1 is 0.449 bits per heavy atom. The third kappa shape index (κ3) is 16.4. The number of amides is 6. The van der Waals surface area contributed by atoms with E-state index < -0.39 is 17.7 Å². The van der Waals surface area contributed by atoms with Gasteiger partial charge in [-0.3, -0.25) is 14.4 Å². The van der Waals surface area contributed by atoms with E-state index in [9.17, 15) is 44.1 Å². The highest BCUT2D eigenvalue weighted by Crippen LogP contribution is 2.43. The van der Waals surface area contributed by atoms with Crippen molar-refractivity contribution in [1.82, 2.24) is 45.3 Å². The van der Waals surface area contributed by atoms with Crippen molar-refractivity contribution in [3.63, 3.8) is 0 Å². The first-order valence-electron chi connectivity index (χ1n) is 31.7. The van der Waals surface area contributed by atoms with E-state index in [0.29, 0.717) is 70.5 Å². The summed E-state index contributed by atoms with van der Waals surface area (Å²) >= 11 is 36.8. The number of benzene rings is 6. The van der Waals surface area contributed by atoms with Crippen LogP contribution in [0.2, 0.25) is 30.1 Å². The van der Waals surface area contributed by atoms with Crippen LogP contribution >= 0.6 is 69.6 Å². The van der Waals surface area contributed by atoms with E-state index >= 15 is 0 Å². The SMILES string of the molecule is C=CCNC(=O)n1nc(-c2cc(NC(=O)c3c(Cl)cccc3Cl)ccc2O)cc1C1CCC1.CCCNC(=O)n1nc(-c2cc(NC(=O)c3c(Cl)cccc3Cl)ccc2O)cc1C1CCC1.CCNC(=O)n1nc(-c2cc(NC(=O)c3c(Cl)cccc3Cl)ccc2O)cc1C1CCC1. The van der Waals surface area contributed by atoms with Crippen LogP contribution in [0.4, 0.5) is 31.4 Å². The van der Waals surface area contributed by atoms with Crippen LogP contribution in [0.1, 0.15) is 144 Å². The van der Waals surface area contributed by atoms with Crippen molar-refractivity contribution >= 4 is 122 Å². The molecule has 3 heterocycles. The fourth-order valence-corrected chi connectivity index (χ4v) is 12.7. The van der Waals surface area contributed by atoms with Crippen LogP contribution in [0.25, 0.3) is 33.8 Å². The minimum Gasteiger partial charge on any atom is -0.507 e. The van der Waals surface area contributed by atoms with Gasteiger partial charge in [-0.15, -0.1) is 6.58 Å². The molecule has 98 heavy (non-hydrogen) atoms. The van der Waals surface area contributed by atoms with Gasteiger partial charge in [0.2, 0.25) is 0 Å². The van der Waals surface area contributed by atoms with Crippen molar-refractivity contribution in [2.75, 3.05) is 35.6 Å². The predicted octanol–water partition coefficient (Wildman–Crippen LogP) is 17.5. The third-order valence-electron chi connectivity index (χ3n) is 16.8. The molecule has 0 bridgehead atoms. The van der Waals surface area contributed by atoms with Crippen molar-refractivity contribution in [3.05, 3.63) is 204 Å². The number of phenolic OH excluding ortho intramolecular Hbond substituents is 3. The van der Waals surface area contributed by atoms with Crippen molar-refractivity contribution in [2.45, 2.75) is 95.8 Å². The number of nitrogens with one attached hydrogen (secondary N) is 6. The maximum absolute atomic E-state index is 12.8. The highest BCUT2D eigenvalue weighted by atomic mass is 35.5. The van der Waals surface area contributed by atoms with Crippen LogP contribution in [-0.2, 0) is 0 Å². The largest absolute Gasteiger partial charge is 0.507 e. The Morgan fingerprint density at radius 2 is 0.745 bits per heavy atom. The molecule has 3 aromatic heterocycles. The van der Waals surface area contributed by atoms with E-state index in [1.807, 2.05) is 32.0 Å². The number of carbonyl (C=O) groups is 6. The van der Waals surface area contributed by atoms with Gasteiger partial charge >= 0.3 is 18.1 Å². The summed E-state index contributed by atoms with van der Waals surface area (Å²) in [4.78, 5) is 76.1. The van der Waals surface area contributed by atoms with Crippen LogP contribution in [-0.4, -0.2) is 100 Å². The van der Waals surface area contributed by atoms with Crippen LogP contribution in [0.3, 0.4) is 0 Å². The molecule has 9 N–H and O–H groups in total. The molecule has 3 aliphatic rings. The first-order valence-corrected chi connectivity index (χ1v) is 33.9. The molecule has 3 aliphatic carbocycles. The van der Waals surface area contributed by atoms with E-state index in [4.69, 9.17) is 69.6 Å². The molecule has 12 rings (SSSR count). The van der Waals surface area contributed by atoms with Gasteiger partial charge in [0.05, 0.1) is 81.0 Å². The standard InChI is InChI=1S/C24H24Cl2N4O3.C24H22Cl2N4O3.C23H22Cl2N4O3/c2*1-2-11-27-24(33)30-20(14-5-3-6-14)13-19(29-30)16-12-15(9-10-21(16)31)28-23(32)22-17(25)7-4-8-18(22)26;1-2-26-23(32)29-19(13-5-3-6-13)12-18(28-29)15-11-14(9-10-20(15)30)27-22(31)21-16(24)7-4-8-17(21)25/h4,7-10,12-14,31H,2-3,5-6,11H2,1H3,(H,27,33)(H,28,32);2,4,7-10,12-14,31H,1,3,5-6,11H2,(H,27,33)(H,28,32);4,7-13,30H,2-3,5-6H2,1H3,(H,26,32)(H,27,31). The number of anilines is 3. The Labute approximate surface area is 594 Å². The van der Waals surface area contributed by atoms with Gasteiger partial charge in [0.15, 0.2) is 0 Å². The van der Waals surface area contributed by atoms with Gasteiger partial charge < -0.3 is 47.2 Å². The second kappa shape index (κ2) is 32.3. The number of hydrogen-bond acceptors (Lipinski definition) is 12. The molecule has 21 nitrogen and oxygen atoms in total. The first-order chi connectivity index (χ1) is 47.2. The van der Waals surface area contributed by atoms with E-state index in [2.05, 4.69) is 53.8 Å². The topological polar surface area (TPSA) is 289 Å². The molecule has 0 atom stereocenters. The average molecular weight is 1450 g/mol. The quantitative estimate of drug-likeness (QED) is 0.0304. The summed E-state index contributed by atoms with van der Waals surface area (Å²) in [5.74, 6) is -0.735. The Kier molecular flexibility index (Phi) is 23.6. The highest BCUT2D eigenvalue weighted by Gasteiger charge is 2.31. The number of hydrogen-bond donors (Lipinski definition) is 9. The van der Waals surface area contributed by atoms with Crippen LogP contribution in [0.5, 0.6) is 17.2 Å². The van der Waals surface area contributed by atoms with E-state index in [1.165, 1.54) is 32.2 Å². The molecular formula is C71H68Cl6N12O9. The molecule has 0 unspecified atom stereocenters. The lowest BCUT2D eigenvalue weighted by molar-refractivity contribution is 0.101. The number of carbonyl (C=O) groups excluding carboxylic acids is 6. The van der Waals surface area contributed by atoms with Gasteiger partial charge in [-0.2, -0.15) is 29.3 Å². The molecule has 508 valence electrons. The molecule has 0 aliphatic heterocycles. The summed E-state index contributed by atoms with van der Waals surface area (Å²) < 4.78 is 4.11. The maximum Gasteiger partial charge on any atom is 0.342 e. The summed E-state index contributed by atoms with van der Waals surface area (Å²) in [6.45, 7) is 8.78. The monoisotopic (exact) mass is 1440 g/mol. The predicted molar refractivity (Wildman–Crippen MR) is 384 cm³/mol. The molecule has 9 aromatic rings. The lowest BCUT2D eigenvalue weighted by Crippen LogP contribution is -2.32. The fourth-order valence-electron chi connectivity index (χ4n) is 11.0. The van der Waals surface area contributed by atoms with Gasteiger partial charge in [-0.25, -0.2) is 14.4 Å². The Morgan fingerprint density at radius 3 is 1.01 bits per heavy atom. The zero-order chi connectivity index (χ0) is 69.9. The molecule has 3 saturated carbocycles. The van der Waals surface area contributed by atoms with Crippen molar-refractivity contribution < 1.29 is 44.1 Å². The molecule has 0 saturated heterocycles. The van der Waals surface area contributed by atoms with Crippen LogP contribution < -0.4 is 31.9 Å². The van der Waals surface area contributed by atoms with E-state index in [0.717, 1.165) is 81.3 Å². The minimum absolute atomic E-state index is 0.0115. The Hall–Kier alpha value is -9.35. The van der Waals surface area contributed by atoms with Gasteiger partial charge in [-0.05, 0) is 161 Å². The summed E-state index contributed by atoms with van der Waals surface area (Å²) in [7, 11) is 0. The molecule has 27 heteroatoms. The lowest BCUT2D eigenvalue weighted by atomic mass is 9.82. The number of aromatic hydroxyl groups is 3. The zero-order valence-electron chi connectivity index (χ0n) is 53.1. The van der Waals surface area contributed by atoms with Crippen molar-refractivity contribution in [2.24, 2.45) is 0 Å². The summed E-state index contributed by atoms with van der Waals surface area (Å²) in [5.41, 5.74) is 6.69. The number of rotatable bonds is 17. The Bertz CT molecular complexity index is 4460. The Balaban J connectivity index is 0.000000159. The molecule has 6 amide bonds. The van der Waals surface area contributed by atoms with Gasteiger partial charge in [0.25, 0.3) is 17.7 Å². The summed E-state index contributed by atoms with van der Waals surface area (Å²) in [6.07, 6.45) is 11.6. The minimum atomic E-state index is -0.480. The highest BCUT2D eigenvalue weighted by molar-refractivity contribution is 6.42. The molecular weight excluding hydrogens is 1380 g/mol. The van der Waals surface area contributed by atoms with Crippen LogP contribution in [0.15, 0.2) is 140 Å². The maximum atomic E-state index is 12.8. The van der Waals surface area contributed by atoms with Gasteiger partial charge in [0, 0.05) is 71.1 Å². The third-order valence-corrected chi connectivity index (χ3v) is 18.7. The smallest absolute Gasteiger partial charge is 0.342 e. The fraction of sp³-hybridized carbons (Fsp3) is 0.254. The average Bonchev–Trinajstić information content (AvgIpc) is 1.65. The second-order valence-electron chi connectivity index (χ2n) is 23.4. The second-order valence-corrected chi connectivity index (χ2v) is 25.8. The summed E-state index contributed by atoms with van der Waals surface area (Å²) in [5, 5.41) is 62.9. The normalized spacial score (nSPS) is 13.4. The molecule has 3 fully saturated rings. The van der Waals surface area contributed by atoms with Gasteiger partial charge in [0.1, 0.15) is 17.2 Å². The van der Waals surface area contributed by atoms with Crippen molar-refractivity contribution in [3.8, 4) is 51.0 Å². The molecule has 0 radical (unpaired) electrons. The first kappa shape index (κ1) is 71.4. The zero-order valence-corrected chi connectivity index (χ0v) is 57.6. The lowest BCUT2D eigenvalue weighted by Gasteiger charge is -2.25. The summed E-state index contributed by atoms with van der Waals surface area (Å²) in [6, 6.07) is 32.9. The number of nitrogens with zero attached hydrogens (tertiary/aromatic N) is 6. The van der Waals surface area contributed by atoms with E-state index in [-0.39, 0.29) is 99.9 Å². The number of phenols is 3.